The van der Waals surface area contributed by atoms with Crippen molar-refractivity contribution in [3.05, 3.63) is 24.0 Å². The van der Waals surface area contributed by atoms with Crippen molar-refractivity contribution in [2.24, 2.45) is 0 Å². The molecule has 1 aliphatic heterocycles. The Labute approximate surface area is 89.9 Å². The number of nitrogens with two attached hydrogens (primary N) is 1. The molecule has 0 amide bonds. The van der Waals surface area contributed by atoms with Crippen molar-refractivity contribution >= 4 is 11.4 Å². The van der Waals surface area contributed by atoms with E-state index in [1.54, 1.807) is 12.1 Å². The Bertz CT molecular complexity index is 351. The summed E-state index contributed by atoms with van der Waals surface area (Å²) in [7, 11) is 0. The van der Waals surface area contributed by atoms with Crippen LogP contribution in [0.2, 0.25) is 0 Å². The Balaban J connectivity index is 2.27. The highest BCUT2D eigenvalue weighted by molar-refractivity contribution is 5.55. The first-order chi connectivity index (χ1) is 7.18. The molecule has 1 aromatic carbocycles. The Morgan fingerprint density at radius 2 is 2.20 bits per heavy atom. The highest BCUT2D eigenvalue weighted by Gasteiger charge is 2.20. The van der Waals surface area contributed by atoms with Crippen LogP contribution in [0.4, 0.5) is 15.8 Å². The topological polar surface area (TPSA) is 29.3 Å². The number of benzene rings is 1. The van der Waals surface area contributed by atoms with Gasteiger partial charge >= 0.3 is 0 Å². The van der Waals surface area contributed by atoms with Gasteiger partial charge in [0.05, 0.1) is 5.69 Å². The number of halogens is 1. The SMILES string of the molecule is C[C@@H]1CCCCN1c1ccc(N)cc1F. The van der Waals surface area contributed by atoms with Gasteiger partial charge in [-0.1, -0.05) is 0 Å². The number of rotatable bonds is 1. The quantitative estimate of drug-likeness (QED) is 0.719. The third-order valence-corrected chi connectivity index (χ3v) is 3.08. The van der Waals surface area contributed by atoms with Crippen LogP contribution in [-0.2, 0) is 0 Å². The maximum absolute atomic E-state index is 13.7. The predicted octanol–water partition coefficient (Wildman–Crippen LogP) is 2.79. The molecule has 2 N–H and O–H groups in total. The molecule has 0 aliphatic carbocycles. The molecule has 1 aliphatic rings. The van der Waals surface area contributed by atoms with Gasteiger partial charge in [-0.25, -0.2) is 4.39 Å². The molecule has 1 saturated heterocycles. The molecule has 15 heavy (non-hydrogen) atoms. The maximum Gasteiger partial charge on any atom is 0.148 e. The zero-order valence-electron chi connectivity index (χ0n) is 9.04. The van der Waals surface area contributed by atoms with E-state index in [0.717, 1.165) is 19.4 Å². The molecule has 0 aromatic heterocycles. The monoisotopic (exact) mass is 208 g/mol. The Kier molecular flexibility index (Phi) is 2.80. The summed E-state index contributed by atoms with van der Waals surface area (Å²) in [6, 6.07) is 5.37. The van der Waals surface area contributed by atoms with Crippen molar-refractivity contribution in [3.63, 3.8) is 0 Å². The second kappa shape index (κ2) is 4.09. The highest BCUT2D eigenvalue weighted by atomic mass is 19.1. The molecular formula is C12H17FN2. The molecule has 0 spiro atoms. The lowest BCUT2D eigenvalue weighted by Crippen LogP contribution is -2.37. The van der Waals surface area contributed by atoms with Gasteiger partial charge in [0.25, 0.3) is 0 Å². The lowest BCUT2D eigenvalue weighted by molar-refractivity contribution is 0.476. The standard InChI is InChI=1S/C12H17FN2/c1-9-4-2-3-7-15(9)12-6-5-10(14)8-11(12)13/h5-6,8-9H,2-4,7,14H2,1H3/t9-/m1/s1. The van der Waals surface area contributed by atoms with Gasteiger partial charge < -0.3 is 10.6 Å². The lowest BCUT2D eigenvalue weighted by Gasteiger charge is -2.35. The van der Waals surface area contributed by atoms with Gasteiger partial charge in [-0.3, -0.25) is 0 Å². The van der Waals surface area contributed by atoms with Crippen LogP contribution in [0.3, 0.4) is 0 Å². The highest BCUT2D eigenvalue weighted by Crippen LogP contribution is 2.27. The van der Waals surface area contributed by atoms with E-state index in [0.29, 0.717) is 17.4 Å². The summed E-state index contributed by atoms with van der Waals surface area (Å²) in [5.41, 5.74) is 6.71. The molecule has 2 rings (SSSR count). The summed E-state index contributed by atoms with van der Waals surface area (Å²) < 4.78 is 13.7. The summed E-state index contributed by atoms with van der Waals surface area (Å²) in [6.07, 6.45) is 3.53. The van der Waals surface area contributed by atoms with Crippen LogP contribution >= 0.6 is 0 Å². The van der Waals surface area contributed by atoms with Gasteiger partial charge in [-0.15, -0.1) is 0 Å². The Morgan fingerprint density at radius 3 is 2.87 bits per heavy atom. The zero-order valence-corrected chi connectivity index (χ0v) is 9.04. The maximum atomic E-state index is 13.7. The van der Waals surface area contributed by atoms with Crippen molar-refractivity contribution in [1.29, 1.82) is 0 Å². The lowest BCUT2D eigenvalue weighted by atomic mass is 10.0. The molecule has 1 heterocycles. The molecule has 1 aromatic rings. The minimum atomic E-state index is -0.205. The summed E-state index contributed by atoms with van der Waals surface area (Å²) in [4.78, 5) is 2.14. The van der Waals surface area contributed by atoms with Gasteiger partial charge in [0.1, 0.15) is 5.82 Å². The van der Waals surface area contributed by atoms with Gasteiger partial charge in [0.2, 0.25) is 0 Å². The van der Waals surface area contributed by atoms with Gasteiger partial charge in [-0.2, -0.15) is 0 Å². The normalized spacial score (nSPS) is 21.7. The van der Waals surface area contributed by atoms with E-state index in [4.69, 9.17) is 5.73 Å². The van der Waals surface area contributed by atoms with E-state index in [9.17, 15) is 4.39 Å². The van der Waals surface area contributed by atoms with Gasteiger partial charge in [-0.05, 0) is 44.4 Å². The van der Waals surface area contributed by atoms with Gasteiger partial charge in [0, 0.05) is 18.3 Å². The second-order valence-electron chi connectivity index (χ2n) is 4.25. The van der Waals surface area contributed by atoms with Crippen molar-refractivity contribution in [1.82, 2.24) is 0 Å². The first kappa shape index (κ1) is 10.3. The smallest absolute Gasteiger partial charge is 0.148 e. The fourth-order valence-corrected chi connectivity index (χ4v) is 2.21. The molecular weight excluding hydrogens is 191 g/mol. The third kappa shape index (κ3) is 2.06. The number of hydrogen-bond donors (Lipinski definition) is 1. The number of piperidine rings is 1. The average molecular weight is 208 g/mol. The Morgan fingerprint density at radius 1 is 1.40 bits per heavy atom. The van der Waals surface area contributed by atoms with Crippen molar-refractivity contribution in [2.75, 3.05) is 17.2 Å². The fraction of sp³-hybridized carbons (Fsp3) is 0.500. The average Bonchev–Trinajstić information content (AvgIpc) is 2.20. The molecule has 0 radical (unpaired) electrons. The summed E-state index contributed by atoms with van der Waals surface area (Å²) in [6.45, 7) is 3.09. The van der Waals surface area contributed by atoms with E-state index in [1.807, 2.05) is 0 Å². The van der Waals surface area contributed by atoms with Crippen LogP contribution in [0.15, 0.2) is 18.2 Å². The zero-order chi connectivity index (χ0) is 10.8. The molecule has 3 heteroatoms. The minimum absolute atomic E-state index is 0.205. The molecule has 2 nitrogen and oxygen atoms in total. The molecule has 1 atom stereocenters. The summed E-state index contributed by atoms with van der Waals surface area (Å²) in [5.74, 6) is -0.205. The second-order valence-corrected chi connectivity index (χ2v) is 4.25. The van der Waals surface area contributed by atoms with Crippen LogP contribution in [0.25, 0.3) is 0 Å². The predicted molar refractivity (Wildman–Crippen MR) is 61.5 cm³/mol. The summed E-state index contributed by atoms with van der Waals surface area (Å²) >= 11 is 0. The van der Waals surface area contributed by atoms with Crippen LogP contribution in [0, 0.1) is 5.82 Å². The first-order valence-corrected chi connectivity index (χ1v) is 5.50. The molecule has 82 valence electrons. The van der Waals surface area contributed by atoms with Crippen LogP contribution in [0.1, 0.15) is 26.2 Å². The fourth-order valence-electron chi connectivity index (χ4n) is 2.21. The van der Waals surface area contributed by atoms with E-state index in [-0.39, 0.29) is 5.82 Å². The van der Waals surface area contributed by atoms with Crippen molar-refractivity contribution in [3.8, 4) is 0 Å². The Hall–Kier alpha value is -1.25. The largest absolute Gasteiger partial charge is 0.399 e. The van der Waals surface area contributed by atoms with Crippen LogP contribution < -0.4 is 10.6 Å². The van der Waals surface area contributed by atoms with E-state index in [2.05, 4.69) is 11.8 Å². The number of nitrogen functional groups attached to an aromatic ring is 1. The number of hydrogen-bond acceptors (Lipinski definition) is 2. The van der Waals surface area contributed by atoms with Crippen LogP contribution in [-0.4, -0.2) is 12.6 Å². The third-order valence-electron chi connectivity index (χ3n) is 3.08. The van der Waals surface area contributed by atoms with E-state index in [1.165, 1.54) is 12.5 Å². The molecule has 0 unspecified atom stereocenters. The number of anilines is 2. The van der Waals surface area contributed by atoms with Gasteiger partial charge in [0.15, 0.2) is 0 Å². The van der Waals surface area contributed by atoms with E-state index < -0.39 is 0 Å². The van der Waals surface area contributed by atoms with Crippen molar-refractivity contribution < 1.29 is 4.39 Å². The van der Waals surface area contributed by atoms with Crippen LogP contribution in [0.5, 0.6) is 0 Å². The molecule has 0 bridgehead atoms. The molecule has 0 saturated carbocycles. The minimum Gasteiger partial charge on any atom is -0.399 e. The number of nitrogens with zero attached hydrogens (tertiary/aromatic N) is 1. The van der Waals surface area contributed by atoms with Crippen molar-refractivity contribution in [2.45, 2.75) is 32.2 Å². The molecule has 1 fully saturated rings. The van der Waals surface area contributed by atoms with E-state index >= 15 is 0 Å². The first-order valence-electron chi connectivity index (χ1n) is 5.50. The summed E-state index contributed by atoms with van der Waals surface area (Å²) in [5, 5.41) is 0.